The first-order valence-electron chi connectivity index (χ1n) is 6.26. The Kier molecular flexibility index (Phi) is 6.19. The molecule has 0 aliphatic heterocycles. The highest BCUT2D eigenvalue weighted by Gasteiger charge is 2.15. The molecule has 100 valence electrons. The summed E-state index contributed by atoms with van der Waals surface area (Å²) in [5, 5.41) is 0. The Labute approximate surface area is 117 Å². The molecule has 0 bridgehead atoms. The van der Waals surface area contributed by atoms with Crippen LogP contribution in [-0.2, 0) is 0 Å². The number of hydrogen-bond acceptors (Lipinski definition) is 3. The number of halogens is 1. The molecule has 1 rings (SSSR count). The smallest absolute Gasteiger partial charge is 0.166 e. The van der Waals surface area contributed by atoms with Crippen molar-refractivity contribution in [3.63, 3.8) is 0 Å². The molecule has 0 aromatic heterocycles. The van der Waals surface area contributed by atoms with Gasteiger partial charge in [0.2, 0.25) is 0 Å². The monoisotopic (exact) mass is 314 g/mol. The van der Waals surface area contributed by atoms with E-state index in [1.165, 1.54) is 0 Å². The molecule has 0 radical (unpaired) electrons. The number of rotatable bonds is 7. The summed E-state index contributed by atoms with van der Waals surface area (Å²) in [7, 11) is 0. The summed E-state index contributed by atoms with van der Waals surface area (Å²) in [6, 6.07) is 3.56. The van der Waals surface area contributed by atoms with Crippen LogP contribution < -0.4 is 9.47 Å². The van der Waals surface area contributed by atoms with E-state index >= 15 is 0 Å². The predicted molar refractivity (Wildman–Crippen MR) is 75.7 cm³/mol. The average Bonchev–Trinajstić information content (AvgIpc) is 2.34. The molecule has 1 aromatic rings. The average molecular weight is 315 g/mol. The van der Waals surface area contributed by atoms with Crippen LogP contribution in [0.4, 0.5) is 0 Å². The topological polar surface area (TPSA) is 35.5 Å². The lowest BCUT2D eigenvalue weighted by Gasteiger charge is -2.13. The summed E-state index contributed by atoms with van der Waals surface area (Å²) >= 11 is 3.42. The van der Waals surface area contributed by atoms with Crippen molar-refractivity contribution in [2.75, 3.05) is 13.2 Å². The van der Waals surface area contributed by atoms with Gasteiger partial charge in [0, 0.05) is 12.5 Å². The van der Waals surface area contributed by atoms with Gasteiger partial charge in [-0.05, 0) is 42.3 Å². The Morgan fingerprint density at radius 3 is 2.28 bits per heavy atom. The van der Waals surface area contributed by atoms with Crippen molar-refractivity contribution < 1.29 is 14.3 Å². The third-order valence-corrected chi connectivity index (χ3v) is 3.03. The van der Waals surface area contributed by atoms with Crippen molar-refractivity contribution in [1.82, 2.24) is 0 Å². The van der Waals surface area contributed by atoms with Gasteiger partial charge in [0.05, 0.1) is 23.2 Å². The second-order valence-corrected chi connectivity index (χ2v) is 4.67. The largest absolute Gasteiger partial charge is 0.493 e. The third kappa shape index (κ3) is 3.73. The highest BCUT2D eigenvalue weighted by atomic mass is 79.9. The van der Waals surface area contributed by atoms with E-state index in [1.54, 1.807) is 12.1 Å². The van der Waals surface area contributed by atoms with E-state index < -0.39 is 0 Å². The van der Waals surface area contributed by atoms with Gasteiger partial charge in [0.15, 0.2) is 5.78 Å². The zero-order valence-corrected chi connectivity index (χ0v) is 12.7. The maximum atomic E-state index is 12.0. The number of carbonyl (C=O) groups is 1. The number of ketones is 1. The second kappa shape index (κ2) is 7.41. The first-order valence-corrected chi connectivity index (χ1v) is 7.05. The van der Waals surface area contributed by atoms with Crippen LogP contribution in [0.3, 0.4) is 0 Å². The Balaban J connectivity index is 3.15. The normalized spacial score (nSPS) is 10.2. The van der Waals surface area contributed by atoms with E-state index in [2.05, 4.69) is 15.9 Å². The molecule has 0 unspecified atom stereocenters. The number of Topliss-reactive ketones (excluding diaryl/α,β-unsaturated/α-hetero) is 1. The van der Waals surface area contributed by atoms with E-state index in [1.807, 2.05) is 20.8 Å². The highest BCUT2D eigenvalue weighted by Crippen LogP contribution is 2.34. The molecule has 0 spiro atoms. The van der Waals surface area contributed by atoms with E-state index in [9.17, 15) is 4.79 Å². The molecule has 0 amide bonds. The Morgan fingerprint density at radius 2 is 1.72 bits per heavy atom. The molecule has 0 N–H and O–H groups in total. The molecule has 0 atom stereocenters. The van der Waals surface area contributed by atoms with Gasteiger partial charge in [-0.15, -0.1) is 0 Å². The van der Waals surface area contributed by atoms with Crippen LogP contribution in [0.5, 0.6) is 11.5 Å². The minimum absolute atomic E-state index is 0.102. The molecule has 0 fully saturated rings. The lowest BCUT2D eigenvalue weighted by atomic mass is 10.1. The van der Waals surface area contributed by atoms with Crippen LogP contribution in [-0.4, -0.2) is 19.0 Å². The van der Waals surface area contributed by atoms with Crippen molar-refractivity contribution >= 4 is 21.7 Å². The minimum atomic E-state index is 0.102. The molecule has 0 heterocycles. The van der Waals surface area contributed by atoms with E-state index in [0.717, 1.165) is 10.9 Å². The number of ether oxygens (including phenoxy) is 2. The summed E-state index contributed by atoms with van der Waals surface area (Å²) in [6.07, 6.45) is 1.36. The van der Waals surface area contributed by atoms with Gasteiger partial charge in [-0.3, -0.25) is 4.79 Å². The Hall–Kier alpha value is -1.03. The van der Waals surface area contributed by atoms with E-state index in [0.29, 0.717) is 36.7 Å². The number of hydrogen-bond donors (Lipinski definition) is 0. The highest BCUT2D eigenvalue weighted by molar-refractivity contribution is 9.10. The predicted octanol–water partition coefficient (Wildman–Crippen LogP) is 4.23. The molecule has 18 heavy (non-hydrogen) atoms. The van der Waals surface area contributed by atoms with Gasteiger partial charge in [-0.25, -0.2) is 0 Å². The molecule has 0 saturated heterocycles. The fourth-order valence-corrected chi connectivity index (χ4v) is 2.11. The molecule has 1 aromatic carbocycles. The molecule has 0 saturated carbocycles. The van der Waals surface area contributed by atoms with Crippen molar-refractivity contribution in [2.45, 2.75) is 33.6 Å². The Bertz CT molecular complexity index is 416. The maximum absolute atomic E-state index is 12.0. The van der Waals surface area contributed by atoms with Crippen LogP contribution in [0.1, 0.15) is 44.0 Å². The standard InChI is InChI=1S/C14H19BrO3/c1-4-7-12(16)10-8-11(15)14(18-6-3)9-13(10)17-5-2/h8-9H,4-7H2,1-3H3. The van der Waals surface area contributed by atoms with E-state index in [4.69, 9.17) is 9.47 Å². The number of carbonyl (C=O) groups excluding carboxylic acids is 1. The SMILES string of the molecule is CCCC(=O)c1cc(Br)c(OCC)cc1OCC. The summed E-state index contributed by atoms with van der Waals surface area (Å²) in [5.41, 5.74) is 0.619. The number of benzene rings is 1. The van der Waals surface area contributed by atoms with E-state index in [-0.39, 0.29) is 5.78 Å². The fourth-order valence-electron chi connectivity index (χ4n) is 1.66. The van der Waals surface area contributed by atoms with Crippen molar-refractivity contribution in [3.05, 3.63) is 22.2 Å². The third-order valence-electron chi connectivity index (χ3n) is 2.41. The lowest BCUT2D eigenvalue weighted by Crippen LogP contribution is -2.05. The van der Waals surface area contributed by atoms with Crippen LogP contribution in [0.25, 0.3) is 0 Å². The summed E-state index contributed by atoms with van der Waals surface area (Å²) in [4.78, 5) is 12.0. The van der Waals surface area contributed by atoms with Gasteiger partial charge in [0.1, 0.15) is 11.5 Å². The molecular weight excluding hydrogens is 296 g/mol. The molecule has 3 nitrogen and oxygen atoms in total. The van der Waals surface area contributed by atoms with Crippen molar-refractivity contribution in [1.29, 1.82) is 0 Å². The molecule has 0 aliphatic carbocycles. The van der Waals surface area contributed by atoms with Crippen LogP contribution in [0.15, 0.2) is 16.6 Å². The zero-order chi connectivity index (χ0) is 13.5. The van der Waals surface area contributed by atoms with Crippen molar-refractivity contribution in [3.8, 4) is 11.5 Å². The lowest BCUT2D eigenvalue weighted by molar-refractivity contribution is 0.0978. The summed E-state index contributed by atoms with van der Waals surface area (Å²) in [5.74, 6) is 1.40. The fraction of sp³-hybridized carbons (Fsp3) is 0.500. The first kappa shape index (κ1) is 15.0. The van der Waals surface area contributed by atoms with Gasteiger partial charge in [0.25, 0.3) is 0 Å². The zero-order valence-electron chi connectivity index (χ0n) is 11.1. The minimum Gasteiger partial charge on any atom is -0.493 e. The summed E-state index contributed by atoms with van der Waals surface area (Å²) in [6.45, 7) is 6.91. The quantitative estimate of drug-likeness (QED) is 0.706. The Morgan fingerprint density at radius 1 is 1.11 bits per heavy atom. The molecule has 0 aliphatic rings. The molecule has 4 heteroatoms. The van der Waals surface area contributed by atoms with Crippen LogP contribution in [0.2, 0.25) is 0 Å². The van der Waals surface area contributed by atoms with Gasteiger partial charge < -0.3 is 9.47 Å². The summed E-state index contributed by atoms with van der Waals surface area (Å²) < 4.78 is 11.8. The molecular formula is C14H19BrO3. The van der Waals surface area contributed by atoms with Gasteiger partial charge >= 0.3 is 0 Å². The van der Waals surface area contributed by atoms with Gasteiger partial charge in [-0.1, -0.05) is 6.92 Å². The van der Waals surface area contributed by atoms with Crippen LogP contribution >= 0.6 is 15.9 Å². The maximum Gasteiger partial charge on any atom is 0.166 e. The van der Waals surface area contributed by atoms with Gasteiger partial charge in [-0.2, -0.15) is 0 Å². The van der Waals surface area contributed by atoms with Crippen molar-refractivity contribution in [2.24, 2.45) is 0 Å². The second-order valence-electron chi connectivity index (χ2n) is 3.82. The first-order chi connectivity index (χ1) is 8.63. The van der Waals surface area contributed by atoms with Crippen LogP contribution in [0, 0.1) is 0 Å².